The van der Waals surface area contributed by atoms with Crippen molar-refractivity contribution in [2.24, 2.45) is 0 Å². The fourth-order valence-electron chi connectivity index (χ4n) is 0.380. The Bertz CT molecular complexity index is 44.3. The molecule has 0 rings (SSSR count). The van der Waals surface area contributed by atoms with Crippen LogP contribution in [0.3, 0.4) is 0 Å². The Hall–Kier alpha value is 0.660. The van der Waals surface area contributed by atoms with E-state index in [0.717, 1.165) is 19.0 Å². The molecule has 1 nitrogen and oxygen atoms in total. The van der Waals surface area contributed by atoms with Gasteiger partial charge in [0.2, 0.25) is 0 Å². The average molecular weight is 166 g/mol. The molecule has 3 heteroatoms. The van der Waals surface area contributed by atoms with Gasteiger partial charge in [0.25, 0.3) is 0 Å². The van der Waals surface area contributed by atoms with Crippen LogP contribution in [0.25, 0.3) is 0 Å². The second-order valence-electron chi connectivity index (χ2n) is 1.43. The third-order valence-corrected chi connectivity index (χ3v) is 3.16. The maximum absolute atomic E-state index is 5.15. The van der Waals surface area contributed by atoms with Crippen molar-refractivity contribution in [3.05, 3.63) is 0 Å². The van der Waals surface area contributed by atoms with E-state index < -0.39 is 0 Å². The van der Waals surface area contributed by atoms with Crippen molar-refractivity contribution in [2.45, 2.75) is 13.8 Å². The summed E-state index contributed by atoms with van der Waals surface area (Å²) < 4.78 is 5.15. The summed E-state index contributed by atoms with van der Waals surface area (Å²) in [5.74, 6) is 2.31. The maximum Gasteiger partial charge on any atom is 0.0564 e. The third kappa shape index (κ3) is 8.66. The molecule has 0 aliphatic heterocycles. The van der Waals surface area contributed by atoms with Gasteiger partial charge in [-0.15, -0.1) is 0 Å². The molecule has 0 aromatic rings. The number of hydrogen-bond acceptors (Lipinski definition) is 3. The van der Waals surface area contributed by atoms with E-state index in [-0.39, 0.29) is 0 Å². The Labute approximate surface area is 65.3 Å². The maximum atomic E-state index is 5.15. The van der Waals surface area contributed by atoms with Crippen molar-refractivity contribution in [2.75, 3.05) is 24.7 Å². The number of rotatable bonds is 6. The van der Waals surface area contributed by atoms with Crippen molar-refractivity contribution in [3.8, 4) is 0 Å². The first-order chi connectivity index (χ1) is 4.41. The molecule has 0 fully saturated rings. The van der Waals surface area contributed by atoms with Gasteiger partial charge in [0.15, 0.2) is 0 Å². The van der Waals surface area contributed by atoms with E-state index in [1.54, 1.807) is 0 Å². The summed E-state index contributed by atoms with van der Waals surface area (Å²) in [5.41, 5.74) is 0. The van der Waals surface area contributed by atoms with Crippen molar-refractivity contribution >= 4 is 21.6 Å². The number of hydrogen-bond donors (Lipinski definition) is 0. The molecule has 0 spiro atoms. The molecule has 0 bridgehead atoms. The summed E-state index contributed by atoms with van der Waals surface area (Å²) in [6, 6.07) is 0. The van der Waals surface area contributed by atoms with Gasteiger partial charge in [-0.1, -0.05) is 28.5 Å². The Morgan fingerprint density at radius 3 is 2.56 bits per heavy atom. The van der Waals surface area contributed by atoms with E-state index in [1.807, 2.05) is 28.5 Å². The largest absolute Gasteiger partial charge is 0.381 e. The van der Waals surface area contributed by atoms with Crippen LogP contribution in [0.2, 0.25) is 0 Å². The monoisotopic (exact) mass is 166 g/mol. The zero-order chi connectivity index (χ0) is 6.95. The van der Waals surface area contributed by atoms with Crippen LogP contribution in [0.5, 0.6) is 0 Å². The normalized spacial score (nSPS) is 10.0. The molecule has 0 N–H and O–H groups in total. The summed E-state index contributed by atoms with van der Waals surface area (Å²) in [6.45, 7) is 5.93. The molecule has 9 heavy (non-hydrogen) atoms. The Morgan fingerprint density at radius 2 is 2.00 bits per heavy atom. The van der Waals surface area contributed by atoms with Crippen LogP contribution in [0.4, 0.5) is 0 Å². The fraction of sp³-hybridized carbons (Fsp3) is 1.00. The van der Waals surface area contributed by atoms with Crippen LogP contribution >= 0.6 is 21.6 Å². The summed E-state index contributed by atoms with van der Waals surface area (Å²) in [6.07, 6.45) is 0. The number of ether oxygens (including phenoxy) is 1. The molecular formula is C6H14OS2. The molecule has 0 saturated heterocycles. The Morgan fingerprint density at radius 1 is 1.22 bits per heavy atom. The van der Waals surface area contributed by atoms with Crippen LogP contribution in [0.15, 0.2) is 0 Å². The SMILES string of the molecule is CCOCCSSCC. The highest BCUT2D eigenvalue weighted by Gasteiger charge is 1.85. The lowest BCUT2D eigenvalue weighted by Gasteiger charge is -1.97. The fourth-order valence-corrected chi connectivity index (χ4v) is 1.91. The first-order valence-corrected chi connectivity index (χ1v) is 5.72. The van der Waals surface area contributed by atoms with Crippen molar-refractivity contribution in [3.63, 3.8) is 0 Å². The zero-order valence-corrected chi connectivity index (χ0v) is 7.69. The van der Waals surface area contributed by atoms with Gasteiger partial charge in [-0.25, -0.2) is 0 Å². The van der Waals surface area contributed by atoms with E-state index in [2.05, 4.69) is 6.92 Å². The summed E-state index contributed by atoms with van der Waals surface area (Å²) in [7, 11) is 3.78. The Kier molecular flexibility index (Phi) is 9.30. The minimum absolute atomic E-state index is 0.845. The van der Waals surface area contributed by atoms with Crippen molar-refractivity contribution in [1.29, 1.82) is 0 Å². The van der Waals surface area contributed by atoms with Crippen molar-refractivity contribution in [1.82, 2.24) is 0 Å². The van der Waals surface area contributed by atoms with E-state index in [0.29, 0.717) is 0 Å². The predicted molar refractivity (Wildman–Crippen MR) is 47.1 cm³/mol. The lowest BCUT2D eigenvalue weighted by molar-refractivity contribution is 0.165. The lowest BCUT2D eigenvalue weighted by atomic mass is 10.8. The van der Waals surface area contributed by atoms with E-state index in [1.165, 1.54) is 5.75 Å². The molecule has 0 aromatic carbocycles. The zero-order valence-electron chi connectivity index (χ0n) is 6.05. The Balaban J connectivity index is 2.60. The molecule has 0 amide bonds. The van der Waals surface area contributed by atoms with Crippen LogP contribution in [0.1, 0.15) is 13.8 Å². The molecule has 0 atom stereocenters. The molecule has 0 heterocycles. The van der Waals surface area contributed by atoms with E-state index in [4.69, 9.17) is 4.74 Å². The van der Waals surface area contributed by atoms with Crippen molar-refractivity contribution < 1.29 is 4.74 Å². The minimum Gasteiger partial charge on any atom is -0.381 e. The minimum atomic E-state index is 0.845. The molecule has 0 radical (unpaired) electrons. The highest BCUT2D eigenvalue weighted by atomic mass is 33.1. The van der Waals surface area contributed by atoms with Gasteiger partial charge in [0.05, 0.1) is 6.61 Å². The van der Waals surface area contributed by atoms with Gasteiger partial charge in [-0.05, 0) is 6.92 Å². The highest BCUT2D eigenvalue weighted by molar-refractivity contribution is 8.76. The summed E-state index contributed by atoms with van der Waals surface area (Å²) >= 11 is 0. The quantitative estimate of drug-likeness (QED) is 0.443. The standard InChI is InChI=1S/C6H14OS2/c1-3-7-5-6-9-8-4-2/h3-6H2,1-2H3. The van der Waals surface area contributed by atoms with Gasteiger partial charge in [-0.2, -0.15) is 0 Å². The molecular weight excluding hydrogens is 152 g/mol. The summed E-state index contributed by atoms with van der Waals surface area (Å²) in [4.78, 5) is 0. The first kappa shape index (κ1) is 9.66. The first-order valence-electron chi connectivity index (χ1n) is 3.24. The summed E-state index contributed by atoms with van der Waals surface area (Å²) in [5, 5.41) is 0. The third-order valence-electron chi connectivity index (χ3n) is 0.716. The highest BCUT2D eigenvalue weighted by Crippen LogP contribution is 2.19. The molecule has 0 aliphatic carbocycles. The van der Waals surface area contributed by atoms with Gasteiger partial charge in [0, 0.05) is 18.1 Å². The second kappa shape index (κ2) is 8.66. The van der Waals surface area contributed by atoms with Crippen LogP contribution in [-0.2, 0) is 4.74 Å². The topological polar surface area (TPSA) is 9.23 Å². The molecule has 0 unspecified atom stereocenters. The van der Waals surface area contributed by atoms with Crippen LogP contribution in [-0.4, -0.2) is 24.7 Å². The lowest BCUT2D eigenvalue weighted by Crippen LogP contribution is -1.94. The van der Waals surface area contributed by atoms with E-state index >= 15 is 0 Å². The molecule has 0 aromatic heterocycles. The van der Waals surface area contributed by atoms with Gasteiger partial charge < -0.3 is 4.74 Å². The van der Waals surface area contributed by atoms with E-state index in [9.17, 15) is 0 Å². The van der Waals surface area contributed by atoms with Gasteiger partial charge in [-0.3, -0.25) is 0 Å². The molecule has 56 valence electrons. The second-order valence-corrected chi connectivity index (χ2v) is 4.30. The van der Waals surface area contributed by atoms with Gasteiger partial charge in [0.1, 0.15) is 0 Å². The smallest absolute Gasteiger partial charge is 0.0564 e. The molecule has 0 aliphatic rings. The van der Waals surface area contributed by atoms with Crippen LogP contribution in [0, 0.1) is 0 Å². The van der Waals surface area contributed by atoms with Crippen LogP contribution < -0.4 is 0 Å². The predicted octanol–water partition coefficient (Wildman–Crippen LogP) is 2.42. The average Bonchev–Trinajstić information content (AvgIpc) is 1.89. The van der Waals surface area contributed by atoms with Gasteiger partial charge >= 0.3 is 0 Å². The molecule has 0 saturated carbocycles.